The Kier molecular flexibility index (Phi) is 6.17. The van der Waals surface area contributed by atoms with Gasteiger partial charge >= 0.3 is 5.97 Å². The van der Waals surface area contributed by atoms with Crippen LogP contribution in [0.1, 0.15) is 15.9 Å². The van der Waals surface area contributed by atoms with Gasteiger partial charge in [-0.05, 0) is 77.4 Å². The summed E-state index contributed by atoms with van der Waals surface area (Å²) in [6, 6.07) is 20.2. The Morgan fingerprint density at radius 2 is 1.16 bits per heavy atom. The summed E-state index contributed by atoms with van der Waals surface area (Å²) in [5.74, 6) is -1.05. The molecule has 2 heterocycles. The van der Waals surface area contributed by atoms with Gasteiger partial charge < -0.3 is 24.2 Å². The number of phenols is 2. The topological polar surface area (TPSA) is 168 Å². The Hall–Kier alpha value is -5.97. The molecule has 0 bridgehead atoms. The number of carboxylic acids is 1. The van der Waals surface area contributed by atoms with Crippen LogP contribution in [0.3, 0.4) is 0 Å². The van der Waals surface area contributed by atoms with Crippen LogP contribution in [0.2, 0.25) is 0 Å². The van der Waals surface area contributed by atoms with Crippen molar-refractivity contribution in [2.75, 3.05) is 0 Å². The van der Waals surface area contributed by atoms with Crippen LogP contribution in [0.4, 0.5) is 0 Å². The molecule has 44 heavy (non-hydrogen) atoms. The Labute approximate surface area is 246 Å². The van der Waals surface area contributed by atoms with E-state index in [2.05, 4.69) is 4.89 Å². The van der Waals surface area contributed by atoms with Gasteiger partial charge in [-0.25, -0.2) is 9.68 Å². The Balaban J connectivity index is 1.63. The van der Waals surface area contributed by atoms with E-state index in [1.807, 2.05) is 0 Å². The standard InChI is InChI=1S/C34H20O10/c35-17-1-5-21-28(10-17)43-29-11-18(36)2-6-22(29)32(21)25-14-27(34(39)40)26(9-16(25)15-42-41)33-23-7-3-19(37)12-30(23)44-31-13-20(38)4-8-24(31)33/h1-14,35,37,41H,15H2,(H,39,40). The van der Waals surface area contributed by atoms with Crippen molar-refractivity contribution < 1.29 is 39.1 Å². The summed E-state index contributed by atoms with van der Waals surface area (Å²) in [4.78, 5) is 42.0. The first-order valence-corrected chi connectivity index (χ1v) is 13.3. The van der Waals surface area contributed by atoms with Gasteiger partial charge in [0, 0.05) is 57.3 Å². The third-order valence-electron chi connectivity index (χ3n) is 7.59. The smallest absolute Gasteiger partial charge is 0.336 e. The molecule has 4 N–H and O–H groups in total. The van der Waals surface area contributed by atoms with Gasteiger partial charge in [-0.2, -0.15) is 0 Å². The van der Waals surface area contributed by atoms with Crippen molar-refractivity contribution in [3.05, 3.63) is 117 Å². The van der Waals surface area contributed by atoms with E-state index in [1.54, 1.807) is 24.3 Å². The van der Waals surface area contributed by atoms with E-state index in [9.17, 15) is 35.0 Å². The molecule has 4 aliphatic rings. The number of phenolic OH excluding ortho intramolecular Hbond substituents is 2. The molecular weight excluding hydrogens is 568 g/mol. The summed E-state index contributed by atoms with van der Waals surface area (Å²) in [5, 5.41) is 41.5. The number of aromatic hydroxyl groups is 2. The van der Waals surface area contributed by atoms with E-state index in [4.69, 9.17) is 8.83 Å². The number of benzene rings is 5. The normalized spacial score (nSPS) is 11.6. The van der Waals surface area contributed by atoms with Crippen LogP contribution in [0.15, 0.2) is 103 Å². The molecule has 0 amide bonds. The predicted molar refractivity (Wildman–Crippen MR) is 160 cm³/mol. The lowest BCUT2D eigenvalue weighted by Crippen LogP contribution is -2.07. The lowest BCUT2D eigenvalue weighted by molar-refractivity contribution is -0.252. The molecule has 10 nitrogen and oxygen atoms in total. The minimum absolute atomic E-state index is 0.0779. The number of carboxylic acid groups (broad SMARTS) is 1. The van der Waals surface area contributed by atoms with Crippen LogP contribution in [-0.4, -0.2) is 26.5 Å². The largest absolute Gasteiger partial charge is 0.508 e. The van der Waals surface area contributed by atoms with Crippen molar-refractivity contribution in [2.45, 2.75) is 6.61 Å². The number of rotatable bonds is 5. The van der Waals surface area contributed by atoms with E-state index < -0.39 is 5.97 Å². The number of hydrogen-bond donors (Lipinski definition) is 4. The zero-order chi connectivity index (χ0) is 30.7. The highest BCUT2D eigenvalue weighted by Gasteiger charge is 2.27. The fraction of sp³-hybridized carbons (Fsp3) is 0.0294. The van der Waals surface area contributed by atoms with Crippen LogP contribution in [0.25, 0.3) is 66.8 Å². The Morgan fingerprint density at radius 1 is 0.636 bits per heavy atom. The zero-order valence-corrected chi connectivity index (χ0v) is 22.5. The third kappa shape index (κ3) is 4.33. The molecule has 3 aromatic carbocycles. The molecule has 0 atom stereocenters. The van der Waals surface area contributed by atoms with Crippen molar-refractivity contribution in [3.63, 3.8) is 0 Å². The van der Waals surface area contributed by atoms with Gasteiger partial charge in [0.25, 0.3) is 0 Å². The Morgan fingerprint density at radius 3 is 1.66 bits per heavy atom. The highest BCUT2D eigenvalue weighted by atomic mass is 17.1. The second-order valence-corrected chi connectivity index (χ2v) is 10.3. The second kappa shape index (κ2) is 10.1. The average molecular weight is 589 g/mol. The summed E-state index contributed by atoms with van der Waals surface area (Å²) < 4.78 is 11.9. The molecule has 0 saturated carbocycles. The van der Waals surface area contributed by atoms with Crippen molar-refractivity contribution in [3.8, 4) is 56.4 Å². The van der Waals surface area contributed by atoms with Crippen molar-refractivity contribution >= 4 is 27.9 Å². The first-order valence-electron chi connectivity index (χ1n) is 13.3. The van der Waals surface area contributed by atoms with E-state index in [1.165, 1.54) is 60.7 Å². The van der Waals surface area contributed by atoms with Crippen LogP contribution < -0.4 is 10.9 Å². The lowest BCUT2D eigenvalue weighted by Gasteiger charge is -2.21. The average Bonchev–Trinajstić information content (AvgIpc) is 2.98. The van der Waals surface area contributed by atoms with Crippen molar-refractivity contribution in [2.24, 2.45) is 0 Å². The maximum atomic E-state index is 13.0. The SMILES string of the molecule is O=C(O)c1cc(-c2c3ccc(=O)cc-3oc3cc(O)ccc23)c(COO)cc1-c1c2ccc(=O)cc-2oc2cc(O)ccc12. The molecule has 0 aromatic heterocycles. The fourth-order valence-corrected chi connectivity index (χ4v) is 5.75. The molecule has 0 spiro atoms. The molecule has 10 heteroatoms. The zero-order valence-electron chi connectivity index (χ0n) is 22.5. The van der Waals surface area contributed by atoms with Gasteiger partial charge in [0.1, 0.15) is 40.8 Å². The first kappa shape index (κ1) is 26.9. The summed E-state index contributed by atoms with van der Waals surface area (Å²) in [6.07, 6.45) is 0. The molecule has 0 radical (unpaired) electrons. The highest BCUT2D eigenvalue weighted by Crippen LogP contribution is 2.46. The molecule has 7 rings (SSSR count). The molecule has 2 aliphatic carbocycles. The van der Waals surface area contributed by atoms with Crippen LogP contribution >= 0.6 is 0 Å². The van der Waals surface area contributed by atoms with Crippen molar-refractivity contribution in [1.29, 1.82) is 0 Å². The number of hydrogen-bond acceptors (Lipinski definition) is 9. The minimum atomic E-state index is -1.27. The van der Waals surface area contributed by atoms with Gasteiger partial charge in [0.15, 0.2) is 10.9 Å². The van der Waals surface area contributed by atoms with E-state index in [-0.39, 0.29) is 62.8 Å². The van der Waals surface area contributed by atoms with Crippen LogP contribution in [0.5, 0.6) is 11.5 Å². The molecule has 0 saturated heterocycles. The first-order chi connectivity index (χ1) is 21.2. The van der Waals surface area contributed by atoms with Crippen molar-refractivity contribution in [1.82, 2.24) is 0 Å². The monoisotopic (exact) mass is 588 g/mol. The van der Waals surface area contributed by atoms with Gasteiger partial charge in [0.2, 0.25) is 0 Å². The number of aromatic carboxylic acids is 1. The molecule has 0 fully saturated rings. The van der Waals surface area contributed by atoms with E-state index >= 15 is 0 Å². The fourth-order valence-electron chi connectivity index (χ4n) is 5.75. The summed E-state index contributed by atoms with van der Waals surface area (Å²) >= 11 is 0. The molecule has 216 valence electrons. The molecule has 2 aliphatic heterocycles. The summed E-state index contributed by atoms with van der Waals surface area (Å²) in [7, 11) is 0. The molecule has 3 aromatic rings. The highest BCUT2D eigenvalue weighted by molar-refractivity contribution is 6.10. The Bertz CT molecular complexity index is 2350. The van der Waals surface area contributed by atoms with E-state index in [0.29, 0.717) is 44.2 Å². The second-order valence-electron chi connectivity index (χ2n) is 10.3. The van der Waals surface area contributed by atoms with Crippen LogP contribution in [0, 0.1) is 0 Å². The molecule has 0 unspecified atom stereocenters. The maximum absolute atomic E-state index is 13.0. The number of fused-ring (bicyclic) bond motifs is 4. The quantitative estimate of drug-likeness (QED) is 0.0984. The van der Waals surface area contributed by atoms with Gasteiger partial charge in [-0.3, -0.25) is 14.8 Å². The third-order valence-corrected chi connectivity index (χ3v) is 7.59. The van der Waals surface area contributed by atoms with E-state index in [0.717, 1.165) is 0 Å². The molecular formula is C34H20O10. The van der Waals surface area contributed by atoms with Gasteiger partial charge in [-0.1, -0.05) is 0 Å². The summed E-state index contributed by atoms with van der Waals surface area (Å²) in [5.41, 5.74) is 2.50. The maximum Gasteiger partial charge on any atom is 0.336 e. The number of carbonyl (C=O) groups is 1. The van der Waals surface area contributed by atoms with Gasteiger partial charge in [0.05, 0.1) is 5.56 Å². The predicted octanol–water partition coefficient (Wildman–Crippen LogP) is 6.54. The minimum Gasteiger partial charge on any atom is -0.508 e. The lowest BCUT2D eigenvalue weighted by atomic mass is 9.84. The van der Waals surface area contributed by atoms with Gasteiger partial charge in [-0.15, -0.1) is 0 Å². The van der Waals surface area contributed by atoms with Crippen LogP contribution in [-0.2, 0) is 11.5 Å². The summed E-state index contributed by atoms with van der Waals surface area (Å²) in [6.45, 7) is -0.354.